The summed E-state index contributed by atoms with van der Waals surface area (Å²) in [6, 6.07) is 73.9. The maximum absolute atomic E-state index is 6.40. The Kier molecular flexibility index (Phi) is 8.08. The van der Waals surface area contributed by atoms with Crippen LogP contribution in [0.15, 0.2) is 211 Å². The predicted octanol–water partition coefficient (Wildman–Crippen LogP) is 15.2. The average Bonchev–Trinajstić information content (AvgIpc) is 3.64. The van der Waals surface area contributed by atoms with E-state index in [2.05, 4.69) is 206 Å². The fourth-order valence-corrected chi connectivity index (χ4v) is 8.03. The largest absolute Gasteiger partial charge is 0.455 e. The molecule has 2 nitrogen and oxygen atoms in total. The van der Waals surface area contributed by atoms with Crippen LogP contribution in [0.5, 0.6) is 0 Å². The zero-order chi connectivity index (χ0) is 36.7. The van der Waals surface area contributed by atoms with Crippen LogP contribution in [0.4, 0.5) is 17.1 Å². The van der Waals surface area contributed by atoms with E-state index in [0.29, 0.717) is 0 Å². The Hall–Kier alpha value is -7.16. The number of rotatable bonds is 7. The van der Waals surface area contributed by atoms with Crippen LogP contribution in [0, 0.1) is 6.92 Å². The lowest BCUT2D eigenvalue weighted by Crippen LogP contribution is -2.11. The second-order valence-corrected chi connectivity index (χ2v) is 14.2. The summed E-state index contributed by atoms with van der Waals surface area (Å²) in [6.45, 7) is 2.21. The molecule has 0 fully saturated rings. The van der Waals surface area contributed by atoms with Gasteiger partial charge in [0.05, 0.1) is 0 Å². The third-order valence-electron chi connectivity index (χ3n) is 10.8. The molecule has 0 radical (unpaired) electrons. The van der Waals surface area contributed by atoms with Gasteiger partial charge in [0, 0.05) is 33.4 Å². The molecule has 0 atom stereocenters. The average molecular weight is 704 g/mol. The van der Waals surface area contributed by atoms with Gasteiger partial charge in [0.2, 0.25) is 0 Å². The molecule has 0 saturated carbocycles. The van der Waals surface area contributed by atoms with Crippen LogP contribution in [0.3, 0.4) is 0 Å². The molecule has 1 heterocycles. The highest BCUT2D eigenvalue weighted by atomic mass is 16.3. The second-order valence-electron chi connectivity index (χ2n) is 14.2. The first kappa shape index (κ1) is 32.5. The molecular weight excluding hydrogens is 667 g/mol. The highest BCUT2D eigenvalue weighted by molar-refractivity contribution is 6.09. The quantitative estimate of drug-likeness (QED) is 0.164. The molecule has 0 spiro atoms. The number of fused-ring (bicyclic) bond motifs is 4. The molecule has 0 aliphatic heterocycles. The van der Waals surface area contributed by atoms with Crippen molar-refractivity contribution in [3.05, 3.63) is 212 Å². The highest BCUT2D eigenvalue weighted by Gasteiger charge is 2.18. The zero-order valence-corrected chi connectivity index (χ0v) is 30.5. The molecule has 10 aromatic rings. The van der Waals surface area contributed by atoms with Crippen molar-refractivity contribution in [3.63, 3.8) is 0 Å². The number of hydrogen-bond donors (Lipinski definition) is 0. The van der Waals surface area contributed by atoms with Crippen molar-refractivity contribution in [2.45, 2.75) is 6.92 Å². The van der Waals surface area contributed by atoms with Gasteiger partial charge in [-0.1, -0.05) is 164 Å². The summed E-state index contributed by atoms with van der Waals surface area (Å²) < 4.78 is 6.40. The van der Waals surface area contributed by atoms with Crippen molar-refractivity contribution < 1.29 is 4.42 Å². The molecule has 0 amide bonds. The molecular formula is C53H37NO. The lowest BCUT2D eigenvalue weighted by atomic mass is 9.95. The molecule has 55 heavy (non-hydrogen) atoms. The van der Waals surface area contributed by atoms with E-state index in [4.69, 9.17) is 4.42 Å². The van der Waals surface area contributed by atoms with E-state index in [1.54, 1.807) is 0 Å². The Labute approximate surface area is 321 Å². The molecule has 2 heteroatoms. The van der Waals surface area contributed by atoms with E-state index in [-0.39, 0.29) is 0 Å². The summed E-state index contributed by atoms with van der Waals surface area (Å²) in [5.41, 5.74) is 15.8. The third kappa shape index (κ3) is 5.95. The van der Waals surface area contributed by atoms with E-state index in [9.17, 15) is 0 Å². The van der Waals surface area contributed by atoms with Gasteiger partial charge in [0.15, 0.2) is 0 Å². The van der Waals surface area contributed by atoms with Crippen molar-refractivity contribution in [1.82, 2.24) is 0 Å². The van der Waals surface area contributed by atoms with E-state index in [1.165, 1.54) is 49.7 Å². The monoisotopic (exact) mass is 703 g/mol. The van der Waals surface area contributed by atoms with Gasteiger partial charge in [-0.05, 0) is 105 Å². The Morgan fingerprint density at radius 1 is 0.364 bits per heavy atom. The molecule has 0 unspecified atom stereocenters. The number of hydrogen-bond acceptors (Lipinski definition) is 2. The lowest BCUT2D eigenvalue weighted by Gasteiger charge is -2.28. The van der Waals surface area contributed by atoms with Gasteiger partial charge in [-0.3, -0.25) is 0 Å². The smallest absolute Gasteiger partial charge is 0.143 e. The molecule has 0 aliphatic rings. The zero-order valence-electron chi connectivity index (χ0n) is 30.5. The van der Waals surface area contributed by atoms with Crippen LogP contribution < -0.4 is 4.90 Å². The van der Waals surface area contributed by atoms with Crippen LogP contribution >= 0.6 is 0 Å². The first-order valence-electron chi connectivity index (χ1n) is 18.8. The summed E-state index contributed by atoms with van der Waals surface area (Å²) >= 11 is 0. The molecule has 1 aromatic heterocycles. The van der Waals surface area contributed by atoms with Gasteiger partial charge >= 0.3 is 0 Å². The maximum Gasteiger partial charge on any atom is 0.143 e. The fraction of sp³-hybridized carbons (Fsp3) is 0.0189. The predicted molar refractivity (Wildman–Crippen MR) is 232 cm³/mol. The number of anilines is 3. The first-order chi connectivity index (χ1) is 27.2. The molecule has 10 rings (SSSR count). The van der Waals surface area contributed by atoms with E-state index in [0.717, 1.165) is 50.1 Å². The topological polar surface area (TPSA) is 16.4 Å². The number of aryl methyl sites for hydroxylation is 1. The Morgan fingerprint density at radius 3 is 1.64 bits per heavy atom. The normalized spacial score (nSPS) is 11.4. The van der Waals surface area contributed by atoms with Crippen LogP contribution in [0.1, 0.15) is 5.56 Å². The summed E-state index contributed by atoms with van der Waals surface area (Å²) in [6.07, 6.45) is 0. The van der Waals surface area contributed by atoms with Gasteiger partial charge in [0.1, 0.15) is 11.2 Å². The van der Waals surface area contributed by atoms with Crippen molar-refractivity contribution in [2.24, 2.45) is 0 Å². The van der Waals surface area contributed by atoms with E-state index >= 15 is 0 Å². The maximum atomic E-state index is 6.40. The Balaban J connectivity index is 1.02. The minimum atomic E-state index is 0.909. The summed E-state index contributed by atoms with van der Waals surface area (Å²) in [5.74, 6) is 0. The minimum absolute atomic E-state index is 0.909. The van der Waals surface area contributed by atoms with Gasteiger partial charge in [-0.2, -0.15) is 0 Å². The van der Waals surface area contributed by atoms with Crippen molar-refractivity contribution in [2.75, 3.05) is 4.90 Å². The Morgan fingerprint density at radius 2 is 0.873 bits per heavy atom. The first-order valence-corrected chi connectivity index (χ1v) is 18.8. The van der Waals surface area contributed by atoms with Crippen molar-refractivity contribution >= 4 is 49.8 Å². The molecule has 0 saturated heterocycles. The number of nitrogens with zero attached hydrogens (tertiary/aromatic N) is 1. The SMILES string of the molecule is Cc1cc(-c2ccc(-c3cccc4ccccc34)cc2)ccc1N(c1ccc(-c2ccccc2)cc1)c1ccc(-c2cccc3c2oc2ccccc23)cc1. The number of furan rings is 1. The van der Waals surface area contributed by atoms with E-state index < -0.39 is 0 Å². The Bertz CT molecular complexity index is 2950. The minimum Gasteiger partial charge on any atom is -0.455 e. The van der Waals surface area contributed by atoms with Crippen LogP contribution in [-0.4, -0.2) is 0 Å². The van der Waals surface area contributed by atoms with E-state index in [1.807, 2.05) is 12.1 Å². The number of benzene rings is 9. The van der Waals surface area contributed by atoms with Gasteiger partial charge in [-0.25, -0.2) is 0 Å². The standard InChI is InChI=1S/C53H37NO/c1-36-35-43(39-21-23-41(24-22-39)47-17-9-14-40-13-5-6-15-46(40)47)29-34-51(36)54(44-30-25-38(26-31-44)37-11-3-2-4-12-37)45-32-27-42(28-33-45)48-18-10-19-50-49-16-7-8-20-52(49)55-53(48)50/h2-35H,1H3. The van der Waals surface area contributed by atoms with Crippen LogP contribution in [0.25, 0.3) is 77.2 Å². The second kappa shape index (κ2) is 13.7. The molecule has 0 N–H and O–H groups in total. The summed E-state index contributed by atoms with van der Waals surface area (Å²) in [5, 5.41) is 4.80. The summed E-state index contributed by atoms with van der Waals surface area (Å²) in [4.78, 5) is 2.36. The highest BCUT2D eigenvalue weighted by Crippen LogP contribution is 2.41. The summed E-state index contributed by atoms with van der Waals surface area (Å²) in [7, 11) is 0. The molecule has 0 bridgehead atoms. The third-order valence-corrected chi connectivity index (χ3v) is 10.8. The lowest BCUT2D eigenvalue weighted by molar-refractivity contribution is 0.670. The molecule has 9 aromatic carbocycles. The molecule has 260 valence electrons. The fourth-order valence-electron chi connectivity index (χ4n) is 8.03. The number of para-hydroxylation sites is 2. The van der Waals surface area contributed by atoms with Crippen LogP contribution in [0.2, 0.25) is 0 Å². The van der Waals surface area contributed by atoms with Crippen LogP contribution in [-0.2, 0) is 0 Å². The van der Waals surface area contributed by atoms with Gasteiger partial charge < -0.3 is 9.32 Å². The molecule has 0 aliphatic carbocycles. The van der Waals surface area contributed by atoms with Gasteiger partial charge in [0.25, 0.3) is 0 Å². The van der Waals surface area contributed by atoms with Crippen molar-refractivity contribution in [3.8, 4) is 44.5 Å². The van der Waals surface area contributed by atoms with Crippen molar-refractivity contribution in [1.29, 1.82) is 0 Å². The van der Waals surface area contributed by atoms with Gasteiger partial charge in [-0.15, -0.1) is 0 Å².